The van der Waals surface area contributed by atoms with Crippen molar-refractivity contribution in [3.63, 3.8) is 0 Å². The van der Waals surface area contributed by atoms with Gasteiger partial charge in [-0.05, 0) is 31.2 Å². The van der Waals surface area contributed by atoms with E-state index in [9.17, 15) is 5.11 Å². The summed E-state index contributed by atoms with van der Waals surface area (Å²) < 4.78 is 5.86. The van der Waals surface area contributed by atoms with E-state index in [1.807, 2.05) is 0 Å². The van der Waals surface area contributed by atoms with Crippen LogP contribution in [0.5, 0.6) is 0 Å². The largest absolute Gasteiger partial charge is 0.395 e. The van der Waals surface area contributed by atoms with Gasteiger partial charge in [-0.2, -0.15) is 0 Å². The molecule has 0 aromatic carbocycles. The van der Waals surface area contributed by atoms with Crippen LogP contribution < -0.4 is 5.73 Å². The van der Waals surface area contributed by atoms with Gasteiger partial charge < -0.3 is 15.6 Å². The Morgan fingerprint density at radius 2 is 2.11 bits per heavy atom. The van der Waals surface area contributed by atoms with Gasteiger partial charge in [-0.3, -0.25) is 4.90 Å². The molecule has 0 aromatic heterocycles. The molecule has 0 radical (unpaired) electrons. The molecule has 19 heavy (non-hydrogen) atoms. The molecule has 0 saturated carbocycles. The van der Waals surface area contributed by atoms with E-state index in [1.165, 1.54) is 0 Å². The summed E-state index contributed by atoms with van der Waals surface area (Å²) in [6.45, 7) is 11.4. The lowest BCUT2D eigenvalue weighted by molar-refractivity contribution is -0.0312. The van der Waals surface area contributed by atoms with Crippen molar-refractivity contribution in [1.29, 1.82) is 0 Å². The van der Waals surface area contributed by atoms with Gasteiger partial charge >= 0.3 is 0 Å². The van der Waals surface area contributed by atoms with E-state index in [0.29, 0.717) is 6.10 Å². The van der Waals surface area contributed by atoms with Crippen molar-refractivity contribution in [3.8, 4) is 0 Å². The number of aliphatic hydroxyl groups excluding tert-OH is 1. The number of hydrogen-bond acceptors (Lipinski definition) is 4. The second-order valence-electron chi connectivity index (χ2n) is 6.77. The molecule has 1 heterocycles. The van der Waals surface area contributed by atoms with Gasteiger partial charge in [0.25, 0.3) is 0 Å². The van der Waals surface area contributed by atoms with Crippen LogP contribution in [0.2, 0.25) is 0 Å². The lowest BCUT2D eigenvalue weighted by Crippen LogP contribution is -2.58. The minimum absolute atomic E-state index is 0.00458. The van der Waals surface area contributed by atoms with Crippen LogP contribution in [-0.2, 0) is 4.74 Å². The van der Waals surface area contributed by atoms with Crippen molar-refractivity contribution in [2.75, 3.05) is 26.3 Å². The Hall–Kier alpha value is -0.160. The average molecular weight is 272 g/mol. The number of nitrogens with two attached hydrogens (primary N) is 1. The van der Waals surface area contributed by atoms with Crippen molar-refractivity contribution in [2.24, 2.45) is 11.1 Å². The average Bonchev–Trinajstić information content (AvgIpc) is 2.36. The Kier molecular flexibility index (Phi) is 6.74. The number of likely N-dealkylation sites (tertiary alicyclic amines) is 1. The molecule has 0 amide bonds. The maximum absolute atomic E-state index is 9.71. The monoisotopic (exact) mass is 272 g/mol. The summed E-state index contributed by atoms with van der Waals surface area (Å²) in [5, 5.41) is 9.71. The Bertz CT molecular complexity index is 253. The number of nitrogens with zero attached hydrogens (tertiary/aromatic N) is 1. The van der Waals surface area contributed by atoms with E-state index in [1.54, 1.807) is 0 Å². The highest BCUT2D eigenvalue weighted by Gasteiger charge is 2.34. The predicted molar refractivity (Wildman–Crippen MR) is 79.1 cm³/mol. The van der Waals surface area contributed by atoms with Crippen molar-refractivity contribution in [3.05, 3.63) is 0 Å². The highest BCUT2D eigenvalue weighted by atomic mass is 16.5. The first-order valence-corrected chi connectivity index (χ1v) is 7.62. The maximum Gasteiger partial charge on any atom is 0.0702 e. The molecule has 1 aliphatic heterocycles. The molecule has 3 unspecified atom stereocenters. The molecule has 4 nitrogen and oxygen atoms in total. The molecule has 1 saturated heterocycles. The molecule has 0 bridgehead atoms. The zero-order chi connectivity index (χ0) is 14.5. The first-order chi connectivity index (χ1) is 8.90. The molecular weight excluding hydrogens is 240 g/mol. The first-order valence-electron chi connectivity index (χ1n) is 7.62. The Balaban J connectivity index is 2.60. The van der Waals surface area contributed by atoms with E-state index < -0.39 is 0 Å². The van der Waals surface area contributed by atoms with Crippen molar-refractivity contribution in [2.45, 2.75) is 65.1 Å². The number of rotatable bonds is 6. The third kappa shape index (κ3) is 5.03. The molecule has 0 spiro atoms. The molecule has 3 N–H and O–H groups in total. The number of aliphatic hydroxyl groups is 1. The summed E-state index contributed by atoms with van der Waals surface area (Å²) in [6.07, 6.45) is 3.61. The Morgan fingerprint density at radius 1 is 1.42 bits per heavy atom. The minimum atomic E-state index is -0.0255. The Labute approximate surface area is 118 Å². The normalized spacial score (nSPS) is 25.3. The number of piperidine rings is 1. The summed E-state index contributed by atoms with van der Waals surface area (Å²) in [6, 6.07) is 0.00968. The van der Waals surface area contributed by atoms with E-state index in [4.69, 9.17) is 10.5 Å². The second-order valence-corrected chi connectivity index (χ2v) is 6.77. The van der Waals surface area contributed by atoms with Crippen LogP contribution in [0.4, 0.5) is 0 Å². The lowest BCUT2D eigenvalue weighted by atomic mass is 9.82. The third-order valence-electron chi connectivity index (χ3n) is 4.04. The summed E-state index contributed by atoms with van der Waals surface area (Å²) >= 11 is 0. The zero-order valence-electron chi connectivity index (χ0n) is 13.1. The van der Waals surface area contributed by atoms with E-state index in [2.05, 4.69) is 32.6 Å². The number of hydrogen-bond donors (Lipinski definition) is 2. The van der Waals surface area contributed by atoms with Crippen molar-refractivity contribution < 1.29 is 9.84 Å². The third-order valence-corrected chi connectivity index (χ3v) is 4.04. The highest BCUT2D eigenvalue weighted by Crippen LogP contribution is 2.25. The van der Waals surface area contributed by atoms with Crippen LogP contribution >= 0.6 is 0 Å². The van der Waals surface area contributed by atoms with E-state index in [0.717, 1.165) is 39.0 Å². The van der Waals surface area contributed by atoms with Gasteiger partial charge in [0.2, 0.25) is 0 Å². The fraction of sp³-hybridized carbons (Fsp3) is 1.00. The maximum atomic E-state index is 9.71. The van der Waals surface area contributed by atoms with Crippen LogP contribution in [-0.4, -0.2) is 54.5 Å². The minimum Gasteiger partial charge on any atom is -0.395 e. The fourth-order valence-electron chi connectivity index (χ4n) is 2.72. The van der Waals surface area contributed by atoms with Gasteiger partial charge in [0.1, 0.15) is 0 Å². The smallest absolute Gasteiger partial charge is 0.0702 e. The quantitative estimate of drug-likeness (QED) is 0.771. The van der Waals surface area contributed by atoms with Crippen molar-refractivity contribution >= 4 is 0 Å². The first kappa shape index (κ1) is 16.9. The summed E-state index contributed by atoms with van der Waals surface area (Å²) in [7, 11) is 0. The van der Waals surface area contributed by atoms with Gasteiger partial charge in [0.15, 0.2) is 0 Å². The molecule has 1 aliphatic rings. The molecule has 4 heteroatoms. The summed E-state index contributed by atoms with van der Waals surface area (Å²) in [5.74, 6) is 0. The fourth-order valence-corrected chi connectivity index (χ4v) is 2.72. The van der Waals surface area contributed by atoms with Crippen LogP contribution in [0.1, 0.15) is 47.0 Å². The topological polar surface area (TPSA) is 58.7 Å². The number of ether oxygens (including phenoxy) is 1. The van der Waals surface area contributed by atoms with Gasteiger partial charge in [-0.1, -0.05) is 27.7 Å². The van der Waals surface area contributed by atoms with Crippen molar-refractivity contribution in [1.82, 2.24) is 4.90 Å². The summed E-state index contributed by atoms with van der Waals surface area (Å²) in [5.41, 5.74) is 6.34. The van der Waals surface area contributed by atoms with Crippen LogP contribution in [0.25, 0.3) is 0 Å². The van der Waals surface area contributed by atoms with Crippen LogP contribution in [0, 0.1) is 5.41 Å². The van der Waals surface area contributed by atoms with Crippen LogP contribution in [0.3, 0.4) is 0 Å². The second kappa shape index (κ2) is 7.58. The lowest BCUT2D eigenvalue weighted by Gasteiger charge is -2.43. The zero-order valence-corrected chi connectivity index (χ0v) is 13.1. The molecule has 0 aromatic rings. The summed E-state index contributed by atoms with van der Waals surface area (Å²) in [4.78, 5) is 2.32. The molecule has 0 aliphatic carbocycles. The molecule has 114 valence electrons. The van der Waals surface area contributed by atoms with Gasteiger partial charge in [0.05, 0.1) is 12.7 Å². The van der Waals surface area contributed by atoms with E-state index in [-0.39, 0.29) is 24.1 Å². The Morgan fingerprint density at radius 3 is 2.63 bits per heavy atom. The van der Waals surface area contributed by atoms with Crippen LogP contribution in [0.15, 0.2) is 0 Å². The predicted octanol–water partition coefficient (Wildman–Crippen LogP) is 1.61. The van der Waals surface area contributed by atoms with Gasteiger partial charge in [-0.15, -0.1) is 0 Å². The van der Waals surface area contributed by atoms with Gasteiger partial charge in [0, 0.05) is 25.2 Å². The molecular formula is C15H32N2O2. The van der Waals surface area contributed by atoms with Gasteiger partial charge in [-0.25, -0.2) is 0 Å². The highest BCUT2D eigenvalue weighted by molar-refractivity contribution is 4.91. The molecule has 1 fully saturated rings. The standard InChI is InChI=1S/C15H32N2O2/c1-5-9-19-12-7-6-8-17(10-12)13(11-18)14(16)15(2,3)4/h12-14,18H,5-11,16H2,1-4H3. The molecule has 3 atom stereocenters. The van der Waals surface area contributed by atoms with E-state index >= 15 is 0 Å². The molecule has 1 rings (SSSR count). The SMILES string of the molecule is CCCOC1CCCN(C(CO)C(N)C(C)(C)C)C1.